The summed E-state index contributed by atoms with van der Waals surface area (Å²) in [6.07, 6.45) is 2.51. The third-order valence-corrected chi connectivity index (χ3v) is 2.19. The molecule has 18 heavy (non-hydrogen) atoms. The summed E-state index contributed by atoms with van der Waals surface area (Å²) in [7, 11) is 1.32. The van der Waals surface area contributed by atoms with Gasteiger partial charge in [0, 0.05) is 0 Å². The second kappa shape index (κ2) is 4.20. The van der Waals surface area contributed by atoms with Gasteiger partial charge in [-0.2, -0.15) is 5.10 Å². The number of anilines is 1. The molecule has 0 bridgehead atoms. The molecule has 94 valence electrons. The van der Waals surface area contributed by atoms with Crippen molar-refractivity contribution < 1.29 is 9.53 Å². The zero-order valence-electron chi connectivity index (χ0n) is 9.38. The number of nitrogens with one attached hydrogen (secondary N) is 1. The maximum absolute atomic E-state index is 11.5. The van der Waals surface area contributed by atoms with E-state index in [1.54, 1.807) is 0 Å². The van der Waals surface area contributed by atoms with Crippen molar-refractivity contribution in [3.8, 4) is 11.6 Å². The molecule has 0 fully saturated rings. The number of amides is 1. The molecule has 9 heteroatoms. The normalized spacial score (nSPS) is 10.3. The third-order valence-electron chi connectivity index (χ3n) is 2.19. The van der Waals surface area contributed by atoms with Gasteiger partial charge in [-0.25, -0.2) is 9.67 Å². The molecular weight excluding hydrogens is 240 g/mol. The molecule has 5 N–H and O–H groups in total. The molecule has 0 aliphatic rings. The number of nitrogens with two attached hydrogens (primary N) is 2. The standard InChI is InChI=1S/C9H10N6O3/c1-18-6-8(12-3-13-9(6)17)15-2-4(10)5(14-15)7(11)16/h2-3H,10H2,1H3,(H2,11,16)(H,12,13,17). The molecule has 0 saturated carbocycles. The van der Waals surface area contributed by atoms with Gasteiger partial charge in [-0.05, 0) is 0 Å². The van der Waals surface area contributed by atoms with Crippen LogP contribution in [0.4, 0.5) is 5.69 Å². The molecule has 1 amide bonds. The molecule has 0 unspecified atom stereocenters. The number of H-pyrrole nitrogens is 1. The molecule has 0 aliphatic carbocycles. The van der Waals surface area contributed by atoms with E-state index in [4.69, 9.17) is 16.2 Å². The molecule has 0 radical (unpaired) electrons. The zero-order valence-corrected chi connectivity index (χ0v) is 9.38. The highest BCUT2D eigenvalue weighted by Gasteiger charge is 2.17. The number of rotatable bonds is 3. The van der Waals surface area contributed by atoms with Crippen molar-refractivity contribution in [3.05, 3.63) is 28.6 Å². The van der Waals surface area contributed by atoms with Crippen LogP contribution < -0.4 is 21.8 Å². The fraction of sp³-hybridized carbons (Fsp3) is 0.111. The molecular formula is C9H10N6O3. The van der Waals surface area contributed by atoms with Crippen LogP contribution in [-0.4, -0.2) is 32.8 Å². The molecule has 0 spiro atoms. The maximum Gasteiger partial charge on any atom is 0.295 e. The Morgan fingerprint density at radius 2 is 2.28 bits per heavy atom. The van der Waals surface area contributed by atoms with Crippen molar-refractivity contribution in [2.75, 3.05) is 12.8 Å². The molecule has 0 aromatic carbocycles. The fourth-order valence-electron chi connectivity index (χ4n) is 1.41. The summed E-state index contributed by atoms with van der Waals surface area (Å²) in [6, 6.07) is 0. The number of aromatic amines is 1. The van der Waals surface area contributed by atoms with E-state index in [0.717, 1.165) is 4.68 Å². The lowest BCUT2D eigenvalue weighted by Gasteiger charge is -2.04. The highest BCUT2D eigenvalue weighted by molar-refractivity contribution is 5.95. The van der Waals surface area contributed by atoms with E-state index in [-0.39, 0.29) is 22.9 Å². The minimum atomic E-state index is -0.768. The summed E-state index contributed by atoms with van der Waals surface area (Å²) in [4.78, 5) is 28.8. The number of carbonyl (C=O) groups is 1. The van der Waals surface area contributed by atoms with Crippen LogP contribution in [0.15, 0.2) is 17.3 Å². The second-order valence-electron chi connectivity index (χ2n) is 3.33. The van der Waals surface area contributed by atoms with Gasteiger partial charge in [0.2, 0.25) is 11.6 Å². The number of aromatic nitrogens is 4. The van der Waals surface area contributed by atoms with E-state index in [2.05, 4.69) is 15.1 Å². The Labute approximate surface area is 100 Å². The Kier molecular flexibility index (Phi) is 2.72. The van der Waals surface area contributed by atoms with Crippen molar-refractivity contribution in [2.24, 2.45) is 5.73 Å². The Morgan fingerprint density at radius 3 is 2.83 bits per heavy atom. The predicted octanol–water partition coefficient (Wildman–Crippen LogP) is -1.35. The van der Waals surface area contributed by atoms with E-state index in [9.17, 15) is 9.59 Å². The van der Waals surface area contributed by atoms with Gasteiger partial charge < -0.3 is 21.2 Å². The minimum absolute atomic E-state index is 0.0454. The van der Waals surface area contributed by atoms with Crippen molar-refractivity contribution >= 4 is 11.6 Å². The van der Waals surface area contributed by atoms with Crippen LogP contribution in [0.2, 0.25) is 0 Å². The van der Waals surface area contributed by atoms with Crippen LogP contribution in [-0.2, 0) is 0 Å². The largest absolute Gasteiger partial charge is 0.488 e. The number of nitrogen functional groups attached to an aromatic ring is 1. The van der Waals surface area contributed by atoms with Crippen LogP contribution in [0.3, 0.4) is 0 Å². The first-order valence-corrected chi connectivity index (χ1v) is 4.81. The van der Waals surface area contributed by atoms with Crippen LogP contribution in [0.1, 0.15) is 10.5 Å². The van der Waals surface area contributed by atoms with Crippen LogP contribution >= 0.6 is 0 Å². The third kappa shape index (κ3) is 1.77. The van der Waals surface area contributed by atoms with E-state index >= 15 is 0 Å². The SMILES string of the molecule is COc1c(-n2cc(N)c(C(N)=O)n2)nc[nH]c1=O. The molecule has 2 aromatic heterocycles. The van der Waals surface area contributed by atoms with Gasteiger partial charge in [0.15, 0.2) is 5.69 Å². The Balaban J connectivity index is 2.63. The van der Waals surface area contributed by atoms with E-state index < -0.39 is 11.5 Å². The van der Waals surface area contributed by atoms with E-state index in [0.29, 0.717) is 0 Å². The van der Waals surface area contributed by atoms with Crippen molar-refractivity contribution in [2.45, 2.75) is 0 Å². The molecule has 0 atom stereocenters. The molecule has 0 aliphatic heterocycles. The highest BCUT2D eigenvalue weighted by atomic mass is 16.5. The molecule has 2 heterocycles. The lowest BCUT2D eigenvalue weighted by Crippen LogP contribution is -2.16. The summed E-state index contributed by atoms with van der Waals surface area (Å²) in [5.74, 6) is -0.702. The van der Waals surface area contributed by atoms with Gasteiger partial charge in [-0.3, -0.25) is 9.59 Å². The number of hydrogen-bond donors (Lipinski definition) is 3. The van der Waals surface area contributed by atoms with Gasteiger partial charge in [-0.15, -0.1) is 0 Å². The first-order valence-electron chi connectivity index (χ1n) is 4.81. The van der Waals surface area contributed by atoms with E-state index in [1.165, 1.54) is 19.6 Å². The van der Waals surface area contributed by atoms with E-state index in [1.807, 2.05) is 0 Å². The smallest absolute Gasteiger partial charge is 0.295 e. The quantitative estimate of drug-likeness (QED) is 0.614. The average molecular weight is 250 g/mol. The lowest BCUT2D eigenvalue weighted by atomic mass is 10.4. The van der Waals surface area contributed by atoms with Gasteiger partial charge in [0.05, 0.1) is 25.3 Å². The monoisotopic (exact) mass is 250 g/mol. The Hall–Kier alpha value is -2.84. The van der Waals surface area contributed by atoms with Crippen molar-refractivity contribution in [1.29, 1.82) is 0 Å². The molecule has 2 rings (SSSR count). The first kappa shape index (κ1) is 11.6. The summed E-state index contributed by atoms with van der Waals surface area (Å²) in [6.45, 7) is 0. The number of hydrogen-bond acceptors (Lipinski definition) is 6. The number of methoxy groups -OCH3 is 1. The minimum Gasteiger partial charge on any atom is -0.488 e. The number of primary amides is 1. The predicted molar refractivity (Wildman–Crippen MR) is 61.5 cm³/mol. The van der Waals surface area contributed by atoms with Crippen LogP contribution in [0, 0.1) is 0 Å². The first-order chi connectivity index (χ1) is 8.54. The summed E-state index contributed by atoms with van der Waals surface area (Å²) >= 11 is 0. The molecule has 9 nitrogen and oxygen atoms in total. The molecule has 2 aromatic rings. The van der Waals surface area contributed by atoms with Crippen molar-refractivity contribution in [3.63, 3.8) is 0 Å². The highest BCUT2D eigenvalue weighted by Crippen LogP contribution is 2.17. The van der Waals surface area contributed by atoms with Gasteiger partial charge in [0.25, 0.3) is 11.5 Å². The van der Waals surface area contributed by atoms with Gasteiger partial charge in [0.1, 0.15) is 0 Å². The van der Waals surface area contributed by atoms with Gasteiger partial charge >= 0.3 is 0 Å². The van der Waals surface area contributed by atoms with Crippen LogP contribution in [0.25, 0.3) is 5.82 Å². The van der Waals surface area contributed by atoms with Crippen LogP contribution in [0.5, 0.6) is 5.75 Å². The second-order valence-corrected chi connectivity index (χ2v) is 3.33. The number of ether oxygens (including phenoxy) is 1. The number of carbonyl (C=O) groups excluding carboxylic acids is 1. The molecule has 0 saturated heterocycles. The van der Waals surface area contributed by atoms with Crippen molar-refractivity contribution in [1.82, 2.24) is 19.7 Å². The summed E-state index contributed by atoms with van der Waals surface area (Å²) in [5, 5.41) is 3.85. The maximum atomic E-state index is 11.5. The Morgan fingerprint density at radius 1 is 1.56 bits per heavy atom. The fourth-order valence-corrected chi connectivity index (χ4v) is 1.41. The number of nitrogens with zero attached hydrogens (tertiary/aromatic N) is 3. The Bertz CT molecular complexity index is 659. The van der Waals surface area contributed by atoms with Gasteiger partial charge in [-0.1, -0.05) is 0 Å². The summed E-state index contributed by atoms with van der Waals surface area (Å²) < 4.78 is 6.07. The average Bonchev–Trinajstić information content (AvgIpc) is 2.71. The topological polar surface area (TPSA) is 142 Å². The lowest BCUT2D eigenvalue weighted by molar-refractivity contribution is 0.0996. The summed E-state index contributed by atoms with van der Waals surface area (Å²) in [5.41, 5.74) is 10.2. The zero-order chi connectivity index (χ0) is 13.3.